The molecule has 0 saturated carbocycles. The van der Waals surface area contributed by atoms with Gasteiger partial charge >= 0.3 is 5.97 Å². The van der Waals surface area contributed by atoms with Crippen molar-refractivity contribution in [2.75, 3.05) is 13.2 Å². The molecule has 13 heavy (non-hydrogen) atoms. The Balaban J connectivity index is 2.74. The third kappa shape index (κ3) is 2.29. The number of nitrogens with two attached hydrogens (primary N) is 1. The second-order valence-electron chi connectivity index (χ2n) is 2.52. The lowest BCUT2D eigenvalue weighted by Crippen LogP contribution is -2.10. The first-order valence-corrected chi connectivity index (χ1v) is 4.19. The SMILES string of the molecule is CCOC(=O)c1cn[nH]c1CCN. The highest BCUT2D eigenvalue weighted by Gasteiger charge is 2.13. The van der Waals surface area contributed by atoms with Gasteiger partial charge in [0.25, 0.3) is 0 Å². The van der Waals surface area contributed by atoms with Crippen LogP contribution in [0.25, 0.3) is 0 Å². The van der Waals surface area contributed by atoms with E-state index in [1.54, 1.807) is 6.92 Å². The van der Waals surface area contributed by atoms with Gasteiger partial charge in [0.2, 0.25) is 0 Å². The summed E-state index contributed by atoms with van der Waals surface area (Å²) in [6.07, 6.45) is 2.07. The molecule has 0 aliphatic rings. The van der Waals surface area contributed by atoms with Gasteiger partial charge in [0.15, 0.2) is 0 Å². The summed E-state index contributed by atoms with van der Waals surface area (Å²) >= 11 is 0. The molecule has 0 atom stereocenters. The van der Waals surface area contributed by atoms with Gasteiger partial charge in [-0.1, -0.05) is 0 Å². The van der Waals surface area contributed by atoms with Crippen LogP contribution in [0.1, 0.15) is 23.0 Å². The first-order valence-electron chi connectivity index (χ1n) is 4.19. The number of aromatic nitrogens is 2. The number of hydrogen-bond acceptors (Lipinski definition) is 4. The molecule has 0 radical (unpaired) electrons. The maximum atomic E-state index is 11.3. The highest BCUT2D eigenvalue weighted by atomic mass is 16.5. The summed E-state index contributed by atoms with van der Waals surface area (Å²) in [4.78, 5) is 11.3. The number of carbonyl (C=O) groups is 1. The summed E-state index contributed by atoms with van der Waals surface area (Å²) in [5, 5.41) is 6.48. The number of esters is 1. The van der Waals surface area contributed by atoms with Crippen molar-refractivity contribution in [3.8, 4) is 0 Å². The number of carbonyl (C=O) groups excluding carboxylic acids is 1. The van der Waals surface area contributed by atoms with Gasteiger partial charge in [0.1, 0.15) is 5.56 Å². The second-order valence-corrected chi connectivity index (χ2v) is 2.52. The van der Waals surface area contributed by atoms with Crippen molar-refractivity contribution in [2.45, 2.75) is 13.3 Å². The predicted octanol–water partition coefficient (Wildman–Crippen LogP) is 0.0876. The van der Waals surface area contributed by atoms with Gasteiger partial charge in [0, 0.05) is 6.42 Å². The quantitative estimate of drug-likeness (QED) is 0.648. The van der Waals surface area contributed by atoms with Crippen LogP contribution in [-0.2, 0) is 11.2 Å². The average Bonchev–Trinajstić information content (AvgIpc) is 2.54. The maximum absolute atomic E-state index is 11.3. The van der Waals surface area contributed by atoms with Crippen LogP contribution in [0.4, 0.5) is 0 Å². The number of aromatic amines is 1. The predicted molar refractivity (Wildman–Crippen MR) is 47.3 cm³/mol. The van der Waals surface area contributed by atoms with Crippen molar-refractivity contribution < 1.29 is 9.53 Å². The molecule has 0 aliphatic heterocycles. The van der Waals surface area contributed by atoms with Gasteiger partial charge in [0.05, 0.1) is 18.5 Å². The fourth-order valence-electron chi connectivity index (χ4n) is 1.03. The standard InChI is InChI=1S/C8H13N3O2/c1-2-13-8(12)6-5-10-11-7(6)3-4-9/h5H,2-4,9H2,1H3,(H,10,11). The molecule has 5 nitrogen and oxygen atoms in total. The van der Waals surface area contributed by atoms with E-state index in [1.165, 1.54) is 6.20 Å². The Hall–Kier alpha value is -1.36. The second kappa shape index (κ2) is 4.61. The lowest BCUT2D eigenvalue weighted by Gasteiger charge is -2.00. The number of H-pyrrole nitrogens is 1. The van der Waals surface area contributed by atoms with E-state index in [9.17, 15) is 4.79 Å². The first-order chi connectivity index (χ1) is 6.29. The van der Waals surface area contributed by atoms with Gasteiger partial charge < -0.3 is 10.5 Å². The van der Waals surface area contributed by atoms with Gasteiger partial charge in [-0.15, -0.1) is 0 Å². The summed E-state index contributed by atoms with van der Waals surface area (Å²) in [7, 11) is 0. The molecule has 0 amide bonds. The van der Waals surface area contributed by atoms with Crippen molar-refractivity contribution in [3.05, 3.63) is 17.5 Å². The zero-order valence-corrected chi connectivity index (χ0v) is 7.54. The van der Waals surface area contributed by atoms with Crippen molar-refractivity contribution in [1.82, 2.24) is 10.2 Å². The van der Waals surface area contributed by atoms with Crippen LogP contribution in [0.2, 0.25) is 0 Å². The Kier molecular flexibility index (Phi) is 3.45. The van der Waals surface area contributed by atoms with Crippen LogP contribution in [-0.4, -0.2) is 29.3 Å². The Morgan fingerprint density at radius 1 is 1.77 bits per heavy atom. The molecular formula is C8H13N3O2. The normalized spacial score (nSPS) is 10.0. The summed E-state index contributed by atoms with van der Waals surface area (Å²) in [6.45, 7) is 2.61. The number of nitrogens with zero attached hydrogens (tertiary/aromatic N) is 1. The van der Waals surface area contributed by atoms with Crippen LogP contribution in [0.5, 0.6) is 0 Å². The molecule has 0 aliphatic carbocycles. The van der Waals surface area contributed by atoms with Gasteiger partial charge in [-0.25, -0.2) is 4.79 Å². The summed E-state index contributed by atoms with van der Waals surface area (Å²) in [5.41, 5.74) is 6.58. The fraction of sp³-hybridized carbons (Fsp3) is 0.500. The molecule has 1 aromatic heterocycles. The Labute approximate surface area is 76.3 Å². The van der Waals surface area contributed by atoms with E-state index in [0.29, 0.717) is 25.1 Å². The minimum absolute atomic E-state index is 0.347. The average molecular weight is 183 g/mol. The highest BCUT2D eigenvalue weighted by molar-refractivity contribution is 5.90. The van der Waals surface area contributed by atoms with Gasteiger partial charge in [-0.05, 0) is 13.5 Å². The molecule has 3 N–H and O–H groups in total. The van der Waals surface area contributed by atoms with Crippen LogP contribution < -0.4 is 5.73 Å². The molecule has 0 spiro atoms. The number of ether oxygens (including phenoxy) is 1. The smallest absolute Gasteiger partial charge is 0.341 e. The molecule has 0 bridgehead atoms. The Bertz CT molecular complexity index is 283. The lowest BCUT2D eigenvalue weighted by atomic mass is 10.2. The van der Waals surface area contributed by atoms with E-state index < -0.39 is 0 Å². The number of rotatable bonds is 4. The van der Waals surface area contributed by atoms with Gasteiger partial charge in [-0.2, -0.15) is 5.10 Å². The molecule has 0 aromatic carbocycles. The van der Waals surface area contributed by atoms with Crippen LogP contribution in [0, 0.1) is 0 Å². The van der Waals surface area contributed by atoms with Crippen molar-refractivity contribution in [2.24, 2.45) is 5.73 Å². The summed E-state index contributed by atoms with van der Waals surface area (Å²) in [6, 6.07) is 0. The Morgan fingerprint density at radius 2 is 2.54 bits per heavy atom. The van der Waals surface area contributed by atoms with E-state index >= 15 is 0 Å². The topological polar surface area (TPSA) is 81.0 Å². The van der Waals surface area contributed by atoms with E-state index in [0.717, 1.165) is 5.69 Å². The maximum Gasteiger partial charge on any atom is 0.341 e. The monoisotopic (exact) mass is 183 g/mol. The molecule has 1 aromatic rings. The van der Waals surface area contributed by atoms with Crippen LogP contribution in [0.3, 0.4) is 0 Å². The summed E-state index contributed by atoms with van der Waals surface area (Å²) in [5.74, 6) is -0.347. The van der Waals surface area contributed by atoms with Crippen molar-refractivity contribution >= 4 is 5.97 Å². The van der Waals surface area contributed by atoms with Crippen LogP contribution in [0.15, 0.2) is 6.20 Å². The molecule has 0 fully saturated rings. The molecular weight excluding hydrogens is 170 g/mol. The van der Waals surface area contributed by atoms with E-state index in [1.807, 2.05) is 0 Å². The molecule has 1 heterocycles. The zero-order chi connectivity index (χ0) is 9.68. The van der Waals surface area contributed by atoms with Gasteiger partial charge in [-0.3, -0.25) is 5.10 Å². The largest absolute Gasteiger partial charge is 0.462 e. The zero-order valence-electron chi connectivity index (χ0n) is 7.54. The van der Waals surface area contributed by atoms with E-state index in [4.69, 9.17) is 10.5 Å². The van der Waals surface area contributed by atoms with E-state index in [2.05, 4.69) is 10.2 Å². The number of hydrogen-bond donors (Lipinski definition) is 2. The molecule has 72 valence electrons. The third-order valence-corrected chi connectivity index (χ3v) is 1.61. The van der Waals surface area contributed by atoms with Crippen molar-refractivity contribution in [1.29, 1.82) is 0 Å². The molecule has 0 saturated heterocycles. The lowest BCUT2D eigenvalue weighted by molar-refractivity contribution is 0.0525. The number of nitrogens with one attached hydrogen (secondary N) is 1. The third-order valence-electron chi connectivity index (χ3n) is 1.61. The molecule has 5 heteroatoms. The minimum atomic E-state index is -0.347. The first kappa shape index (κ1) is 9.73. The van der Waals surface area contributed by atoms with Crippen LogP contribution >= 0.6 is 0 Å². The van der Waals surface area contributed by atoms with E-state index in [-0.39, 0.29) is 5.97 Å². The van der Waals surface area contributed by atoms with Crippen molar-refractivity contribution in [3.63, 3.8) is 0 Å². The fourth-order valence-corrected chi connectivity index (χ4v) is 1.03. The molecule has 1 rings (SSSR count). The molecule has 0 unspecified atom stereocenters. The Morgan fingerprint density at radius 3 is 3.15 bits per heavy atom. The minimum Gasteiger partial charge on any atom is -0.462 e. The highest BCUT2D eigenvalue weighted by Crippen LogP contribution is 2.06. The summed E-state index contributed by atoms with van der Waals surface area (Å²) < 4.78 is 4.83.